The molecular formula is C34H33N10O11PS. The molecule has 2 fully saturated rings. The number of ketones is 1. The van der Waals surface area contributed by atoms with E-state index in [1.54, 1.807) is 30.3 Å². The van der Waals surface area contributed by atoms with Gasteiger partial charge in [0.15, 0.2) is 47.3 Å². The van der Waals surface area contributed by atoms with Gasteiger partial charge in [0.25, 0.3) is 0 Å². The summed E-state index contributed by atoms with van der Waals surface area (Å²) in [5.74, 6) is -0.927. The predicted molar refractivity (Wildman–Crippen MR) is 199 cm³/mol. The van der Waals surface area contributed by atoms with Crippen molar-refractivity contribution in [1.82, 2.24) is 39.0 Å². The van der Waals surface area contributed by atoms with Gasteiger partial charge >= 0.3 is 12.7 Å². The fourth-order valence-electron chi connectivity index (χ4n) is 6.52. The van der Waals surface area contributed by atoms with Crippen molar-refractivity contribution in [3.05, 3.63) is 96.6 Å². The highest BCUT2D eigenvalue weighted by atomic mass is 32.5. The van der Waals surface area contributed by atoms with E-state index in [0.29, 0.717) is 11.1 Å². The normalized spacial score (nSPS) is 25.8. The Morgan fingerprint density at radius 1 is 0.702 bits per heavy atom. The number of rotatable bonds is 12. The van der Waals surface area contributed by atoms with E-state index in [0.717, 1.165) is 0 Å². The summed E-state index contributed by atoms with van der Waals surface area (Å²) in [7, 11) is 0. The van der Waals surface area contributed by atoms with Crippen molar-refractivity contribution >= 4 is 64.2 Å². The van der Waals surface area contributed by atoms with E-state index in [2.05, 4.69) is 29.9 Å². The predicted octanol–water partition coefficient (Wildman–Crippen LogP) is 0.415. The highest BCUT2D eigenvalue weighted by Gasteiger charge is 2.49. The number of nitrogens with zero attached hydrogens (tertiary/aromatic N) is 8. The van der Waals surface area contributed by atoms with E-state index in [4.69, 9.17) is 46.5 Å². The summed E-state index contributed by atoms with van der Waals surface area (Å²) in [5.41, 5.74) is 13.6. The number of aliphatic hydroxyl groups excluding tert-OH is 3. The van der Waals surface area contributed by atoms with Crippen molar-refractivity contribution in [3.8, 4) is 0 Å². The molecule has 296 valence electrons. The van der Waals surface area contributed by atoms with Crippen LogP contribution in [0.2, 0.25) is 0 Å². The van der Waals surface area contributed by atoms with Gasteiger partial charge in [0.1, 0.15) is 54.2 Å². The number of nitrogen functional groups attached to an aromatic ring is 2. The average Bonchev–Trinajstić information content (AvgIpc) is 3.98. The summed E-state index contributed by atoms with van der Waals surface area (Å²) in [6, 6.07) is 14.4. The maximum atomic E-state index is 13.5. The molecule has 21 nitrogen and oxygen atoms in total. The zero-order chi connectivity index (χ0) is 40.0. The third-order valence-electron chi connectivity index (χ3n) is 9.43. The smallest absolute Gasteiger partial charge is 0.338 e. The van der Waals surface area contributed by atoms with Crippen LogP contribution in [-0.2, 0) is 35.1 Å². The van der Waals surface area contributed by atoms with Crippen molar-refractivity contribution in [2.75, 3.05) is 24.7 Å². The molecule has 23 heteroatoms. The fraction of sp³-hybridized carbons (Fsp3) is 0.294. The summed E-state index contributed by atoms with van der Waals surface area (Å²) in [4.78, 5) is 61.9. The second kappa shape index (κ2) is 15.5. The summed E-state index contributed by atoms with van der Waals surface area (Å²) in [6.45, 7) is -5.24. The molecule has 57 heavy (non-hydrogen) atoms. The summed E-state index contributed by atoms with van der Waals surface area (Å²) < 4.78 is 31.6. The summed E-state index contributed by atoms with van der Waals surface area (Å²) in [5, 5.41) is 33.1. The number of anilines is 2. The molecule has 2 aromatic carbocycles. The maximum Gasteiger partial charge on any atom is 0.338 e. The number of imidazole rings is 2. The number of fused-ring (bicyclic) bond motifs is 2. The van der Waals surface area contributed by atoms with E-state index in [-0.39, 0.29) is 45.3 Å². The molecule has 2 saturated heterocycles. The second-order valence-corrected chi connectivity index (χ2v) is 15.8. The van der Waals surface area contributed by atoms with Crippen LogP contribution in [0.15, 0.2) is 79.9 Å². The van der Waals surface area contributed by atoms with Gasteiger partial charge < -0.3 is 54.9 Å². The Morgan fingerprint density at radius 3 is 1.81 bits per heavy atom. The molecule has 0 saturated carbocycles. The lowest BCUT2D eigenvalue weighted by Crippen LogP contribution is -2.38. The van der Waals surface area contributed by atoms with Crippen LogP contribution in [0.1, 0.15) is 38.7 Å². The van der Waals surface area contributed by atoms with Crippen LogP contribution in [0.5, 0.6) is 0 Å². The number of carbonyl (C=O) groups excluding carboxylic acids is 2. The van der Waals surface area contributed by atoms with Crippen molar-refractivity contribution in [2.24, 2.45) is 0 Å². The minimum Gasteiger partial charge on any atom is -0.453 e. The lowest BCUT2D eigenvalue weighted by Gasteiger charge is -2.24. The first-order valence-electron chi connectivity index (χ1n) is 17.1. The van der Waals surface area contributed by atoms with E-state index in [9.17, 15) is 29.8 Å². The van der Waals surface area contributed by atoms with Gasteiger partial charge in [-0.3, -0.25) is 13.9 Å². The first-order valence-corrected chi connectivity index (χ1v) is 19.7. The number of hydrogen-bond donors (Lipinski definition) is 6. The first-order chi connectivity index (χ1) is 27.4. The molecule has 0 aliphatic carbocycles. The molecule has 9 atom stereocenters. The van der Waals surface area contributed by atoms with Crippen molar-refractivity contribution in [2.45, 2.75) is 49.1 Å². The number of aliphatic hydroxyl groups is 3. The highest BCUT2D eigenvalue weighted by molar-refractivity contribution is 8.07. The van der Waals surface area contributed by atoms with E-state index in [1.807, 2.05) is 0 Å². The molecule has 6 aromatic rings. The Hall–Kier alpha value is -5.39. The van der Waals surface area contributed by atoms with Crippen LogP contribution >= 0.6 is 6.72 Å². The molecule has 2 aliphatic rings. The lowest BCUT2D eigenvalue weighted by molar-refractivity contribution is -0.0583. The second-order valence-electron chi connectivity index (χ2n) is 13.0. The molecule has 0 amide bonds. The largest absolute Gasteiger partial charge is 0.453 e. The van der Waals surface area contributed by atoms with Crippen LogP contribution in [0.4, 0.5) is 11.6 Å². The van der Waals surface area contributed by atoms with Gasteiger partial charge in [-0.1, -0.05) is 42.5 Å². The van der Waals surface area contributed by atoms with Crippen molar-refractivity contribution in [3.63, 3.8) is 0 Å². The Labute approximate surface area is 326 Å². The number of hydrogen-bond acceptors (Lipinski definition) is 19. The maximum absolute atomic E-state index is 13.5. The van der Waals surface area contributed by atoms with Gasteiger partial charge in [0, 0.05) is 11.1 Å². The number of carbonyl (C=O) groups is 2. The summed E-state index contributed by atoms with van der Waals surface area (Å²) >= 11 is 5.23. The van der Waals surface area contributed by atoms with Crippen LogP contribution in [-0.4, -0.2) is 121 Å². The highest BCUT2D eigenvalue weighted by Crippen LogP contribution is 2.46. The van der Waals surface area contributed by atoms with Crippen LogP contribution in [0, 0.1) is 0 Å². The van der Waals surface area contributed by atoms with Crippen molar-refractivity contribution in [1.29, 1.82) is 0 Å². The van der Waals surface area contributed by atoms with Crippen LogP contribution < -0.4 is 11.5 Å². The standard InChI is InChI=1S/C34H33N10O11PS/c35-28-21-30(39-12-37-28)43(14-41-21)32-25(47)24(46)19(53-32)10-51-56(50,57)52-11-20-27(26(48)33(54-20)44-15-42-22-29(36)38-13-40-31(22)44)55-34(49)18-8-6-17(7-9-18)23(45)16-4-2-1-3-5-16/h1-9,12-15,19-20,24-27,32-33,46-48H,10-11H2,(H,50,57)(H2,35,37,39)(H2,36,38,40)/t19-,20-,24-,25-,26-,27-,32-,33-,56?/m1/s1. The van der Waals surface area contributed by atoms with Crippen LogP contribution in [0.3, 0.4) is 0 Å². The molecule has 8 N–H and O–H groups in total. The van der Waals surface area contributed by atoms with E-state index >= 15 is 0 Å². The minimum atomic E-state index is -4.16. The monoisotopic (exact) mass is 820 g/mol. The number of aromatic nitrogens is 8. The first kappa shape index (κ1) is 38.5. The van der Waals surface area contributed by atoms with Gasteiger partial charge in [-0.15, -0.1) is 0 Å². The summed E-state index contributed by atoms with van der Waals surface area (Å²) in [6.07, 6.45) is -5.74. The minimum absolute atomic E-state index is 0.0642. The quantitative estimate of drug-likeness (QED) is 0.0553. The molecule has 0 spiro atoms. The molecule has 1 unspecified atom stereocenters. The van der Waals surface area contributed by atoms with Gasteiger partial charge in [-0.25, -0.2) is 34.7 Å². The van der Waals surface area contributed by atoms with Gasteiger partial charge in [-0.2, -0.15) is 0 Å². The third kappa shape index (κ3) is 7.46. The van der Waals surface area contributed by atoms with E-state index in [1.165, 1.54) is 58.7 Å². The molecule has 6 heterocycles. The lowest BCUT2D eigenvalue weighted by atomic mass is 10.0. The van der Waals surface area contributed by atoms with Gasteiger partial charge in [0.05, 0.1) is 31.4 Å². The number of ether oxygens (including phenoxy) is 3. The molecule has 4 aromatic heterocycles. The zero-order valence-corrected chi connectivity index (χ0v) is 31.0. The molecular weight excluding hydrogens is 787 g/mol. The SMILES string of the molecule is Nc1ncnc2c1ncn2[C@@H]1O[C@H](COP(O)(=S)OC[C@H]2O[C@@H](n3cnc4c(N)ncnc43)[C@H](O)[C@@H]2OC(=O)c2ccc(C(=O)c3ccccc3)cc2)[C@@H](O)[C@H]1O. The number of esters is 1. The molecule has 2 aliphatic heterocycles. The number of benzene rings is 2. The fourth-order valence-corrected chi connectivity index (χ4v) is 7.63. The van der Waals surface area contributed by atoms with Crippen molar-refractivity contribution < 1.29 is 53.1 Å². The molecule has 0 radical (unpaired) electrons. The van der Waals surface area contributed by atoms with Gasteiger partial charge in [-0.05, 0) is 23.9 Å². The topological polar surface area (TPSA) is 300 Å². The van der Waals surface area contributed by atoms with Crippen LogP contribution in [0.25, 0.3) is 22.3 Å². The Morgan fingerprint density at radius 2 is 1.21 bits per heavy atom. The Bertz CT molecular complexity index is 2490. The zero-order valence-electron chi connectivity index (χ0n) is 29.3. The Kier molecular flexibility index (Phi) is 10.5. The van der Waals surface area contributed by atoms with E-state index < -0.39 is 75.0 Å². The average molecular weight is 821 g/mol. The Balaban J connectivity index is 0.963. The van der Waals surface area contributed by atoms with Gasteiger partial charge in [0.2, 0.25) is 0 Å². The molecule has 0 bridgehead atoms. The number of nitrogens with two attached hydrogens (primary N) is 2. The third-order valence-corrected chi connectivity index (χ3v) is 11.0. The molecule has 8 rings (SSSR count).